The Balaban J connectivity index is 2.14. The zero-order valence-corrected chi connectivity index (χ0v) is 10.7. The molecule has 0 spiro atoms. The average Bonchev–Trinajstić information content (AvgIpc) is 3.12. The van der Waals surface area contributed by atoms with E-state index in [1.54, 1.807) is 0 Å². The molecule has 1 heterocycles. The Morgan fingerprint density at radius 3 is 2.42 bits per heavy atom. The molecule has 1 saturated carbocycles. The van der Waals surface area contributed by atoms with Crippen molar-refractivity contribution < 1.29 is 8.78 Å². The molecule has 1 fully saturated rings. The van der Waals surface area contributed by atoms with Gasteiger partial charge >= 0.3 is 0 Å². The van der Waals surface area contributed by atoms with E-state index in [-0.39, 0.29) is 0 Å². The molecular weight excluding hydrogens is 248 g/mol. The van der Waals surface area contributed by atoms with Crippen molar-refractivity contribution in [3.05, 3.63) is 35.7 Å². The number of hydrogen-bond acceptors (Lipinski definition) is 2. The van der Waals surface area contributed by atoms with E-state index in [4.69, 9.17) is 5.73 Å². The van der Waals surface area contributed by atoms with Crippen LogP contribution in [0, 0.1) is 11.6 Å². The first kappa shape index (κ1) is 12.1. The van der Waals surface area contributed by atoms with Crippen LogP contribution >= 0.6 is 0 Å². The van der Waals surface area contributed by atoms with Crippen molar-refractivity contribution in [2.75, 3.05) is 5.73 Å². The first-order valence-electron chi connectivity index (χ1n) is 6.43. The SMILES string of the molecule is CCc1nc(-c2cc(F)cc(F)c2)c(N)n1C1CC1. The van der Waals surface area contributed by atoms with Gasteiger partial charge in [0.2, 0.25) is 0 Å². The van der Waals surface area contributed by atoms with E-state index in [9.17, 15) is 8.78 Å². The van der Waals surface area contributed by atoms with Gasteiger partial charge < -0.3 is 10.3 Å². The van der Waals surface area contributed by atoms with Crippen LogP contribution in [0.2, 0.25) is 0 Å². The highest BCUT2D eigenvalue weighted by atomic mass is 19.1. The second kappa shape index (κ2) is 4.33. The van der Waals surface area contributed by atoms with Crippen molar-refractivity contribution in [3.63, 3.8) is 0 Å². The Morgan fingerprint density at radius 1 is 1.26 bits per heavy atom. The molecule has 1 aliphatic rings. The molecular formula is C14H15F2N3. The van der Waals surface area contributed by atoms with Crippen molar-refractivity contribution in [2.24, 2.45) is 0 Å². The molecule has 0 atom stereocenters. The zero-order chi connectivity index (χ0) is 13.6. The lowest BCUT2D eigenvalue weighted by Crippen LogP contribution is -2.04. The number of nitrogen functional groups attached to an aromatic ring is 1. The van der Waals surface area contributed by atoms with Crippen LogP contribution in [0.15, 0.2) is 18.2 Å². The first-order valence-corrected chi connectivity index (χ1v) is 6.43. The predicted molar refractivity (Wildman–Crippen MR) is 69.6 cm³/mol. The van der Waals surface area contributed by atoms with Crippen LogP contribution in [0.25, 0.3) is 11.3 Å². The van der Waals surface area contributed by atoms with Crippen LogP contribution in [0.5, 0.6) is 0 Å². The zero-order valence-electron chi connectivity index (χ0n) is 10.7. The minimum absolute atomic E-state index is 0.393. The van der Waals surface area contributed by atoms with Gasteiger partial charge in [-0.05, 0) is 25.0 Å². The summed E-state index contributed by atoms with van der Waals surface area (Å²) in [7, 11) is 0. The summed E-state index contributed by atoms with van der Waals surface area (Å²) < 4.78 is 28.6. The lowest BCUT2D eigenvalue weighted by Gasteiger charge is -2.06. The van der Waals surface area contributed by atoms with Gasteiger partial charge in [-0.15, -0.1) is 0 Å². The van der Waals surface area contributed by atoms with Gasteiger partial charge in [0.25, 0.3) is 0 Å². The van der Waals surface area contributed by atoms with E-state index in [1.807, 2.05) is 11.5 Å². The van der Waals surface area contributed by atoms with Gasteiger partial charge in [-0.3, -0.25) is 0 Å². The molecule has 0 unspecified atom stereocenters. The Bertz CT molecular complexity index is 610. The normalized spacial score (nSPS) is 14.9. The largest absolute Gasteiger partial charge is 0.383 e. The summed E-state index contributed by atoms with van der Waals surface area (Å²) in [6.45, 7) is 2.00. The van der Waals surface area contributed by atoms with Crippen molar-refractivity contribution >= 4 is 5.82 Å². The molecule has 100 valence electrons. The fraction of sp³-hybridized carbons (Fsp3) is 0.357. The summed E-state index contributed by atoms with van der Waals surface area (Å²) in [5.41, 5.74) is 6.98. The van der Waals surface area contributed by atoms with E-state index >= 15 is 0 Å². The topological polar surface area (TPSA) is 43.8 Å². The summed E-state index contributed by atoms with van der Waals surface area (Å²) in [6.07, 6.45) is 2.92. The fourth-order valence-electron chi connectivity index (χ4n) is 2.39. The van der Waals surface area contributed by atoms with Crippen molar-refractivity contribution in [1.29, 1.82) is 0 Å². The van der Waals surface area contributed by atoms with Crippen molar-refractivity contribution in [3.8, 4) is 11.3 Å². The maximum atomic E-state index is 13.3. The molecule has 0 radical (unpaired) electrons. The number of aromatic nitrogens is 2. The van der Waals surface area contributed by atoms with Crippen LogP contribution < -0.4 is 5.73 Å². The average molecular weight is 263 g/mol. The molecule has 19 heavy (non-hydrogen) atoms. The minimum atomic E-state index is -0.617. The fourth-order valence-corrected chi connectivity index (χ4v) is 2.39. The third kappa shape index (κ3) is 2.09. The monoisotopic (exact) mass is 263 g/mol. The Kier molecular flexibility index (Phi) is 2.77. The number of benzene rings is 1. The summed E-state index contributed by atoms with van der Waals surface area (Å²) in [6, 6.07) is 3.77. The highest BCUT2D eigenvalue weighted by molar-refractivity contribution is 5.71. The second-order valence-corrected chi connectivity index (χ2v) is 4.87. The highest BCUT2D eigenvalue weighted by Gasteiger charge is 2.29. The van der Waals surface area contributed by atoms with Gasteiger partial charge in [0.1, 0.15) is 29.0 Å². The van der Waals surface area contributed by atoms with E-state index in [0.29, 0.717) is 23.1 Å². The standard InChI is InChI=1S/C14H15F2N3/c1-2-12-18-13(14(17)19(12)11-3-4-11)8-5-9(15)7-10(16)6-8/h5-7,11H,2-4,17H2,1H3. The maximum absolute atomic E-state index is 13.3. The molecule has 3 rings (SSSR count). The van der Waals surface area contributed by atoms with Crippen LogP contribution in [-0.2, 0) is 6.42 Å². The molecule has 1 aliphatic carbocycles. The number of anilines is 1. The molecule has 0 saturated heterocycles. The van der Waals surface area contributed by atoms with E-state index in [2.05, 4.69) is 4.98 Å². The van der Waals surface area contributed by atoms with Gasteiger partial charge in [-0.2, -0.15) is 0 Å². The van der Waals surface area contributed by atoms with Crippen LogP contribution in [-0.4, -0.2) is 9.55 Å². The van der Waals surface area contributed by atoms with Crippen molar-refractivity contribution in [2.45, 2.75) is 32.2 Å². The smallest absolute Gasteiger partial charge is 0.131 e. The molecule has 5 heteroatoms. The molecule has 1 aromatic carbocycles. The van der Waals surface area contributed by atoms with Crippen molar-refractivity contribution in [1.82, 2.24) is 9.55 Å². The number of hydrogen-bond donors (Lipinski definition) is 1. The van der Waals surface area contributed by atoms with E-state index in [1.165, 1.54) is 12.1 Å². The highest BCUT2D eigenvalue weighted by Crippen LogP contribution is 2.41. The molecule has 0 aliphatic heterocycles. The molecule has 2 N–H and O–H groups in total. The summed E-state index contributed by atoms with van der Waals surface area (Å²) in [5, 5.41) is 0. The number of nitrogens with two attached hydrogens (primary N) is 1. The molecule has 3 nitrogen and oxygen atoms in total. The van der Waals surface area contributed by atoms with Gasteiger partial charge in [0, 0.05) is 24.1 Å². The number of nitrogens with zero attached hydrogens (tertiary/aromatic N) is 2. The molecule has 1 aromatic heterocycles. The third-order valence-corrected chi connectivity index (χ3v) is 3.39. The number of aryl methyl sites for hydroxylation is 1. The summed E-state index contributed by atoms with van der Waals surface area (Å²) >= 11 is 0. The summed E-state index contributed by atoms with van der Waals surface area (Å²) in [4.78, 5) is 4.45. The summed E-state index contributed by atoms with van der Waals surface area (Å²) in [5.74, 6) is 0.144. The van der Waals surface area contributed by atoms with Gasteiger partial charge in [0.05, 0.1) is 0 Å². The molecule has 0 amide bonds. The Labute approximate surface area is 110 Å². The lowest BCUT2D eigenvalue weighted by atomic mass is 10.1. The number of halogens is 2. The Morgan fingerprint density at radius 2 is 1.89 bits per heavy atom. The second-order valence-electron chi connectivity index (χ2n) is 4.87. The Hall–Kier alpha value is -1.91. The number of rotatable bonds is 3. The first-order chi connectivity index (χ1) is 9.10. The molecule has 0 bridgehead atoms. The predicted octanol–water partition coefficient (Wildman–Crippen LogP) is 3.31. The maximum Gasteiger partial charge on any atom is 0.131 e. The van der Waals surface area contributed by atoms with Gasteiger partial charge in [-0.1, -0.05) is 6.92 Å². The molecule has 2 aromatic rings. The third-order valence-electron chi connectivity index (χ3n) is 3.39. The van der Waals surface area contributed by atoms with Gasteiger partial charge in [-0.25, -0.2) is 13.8 Å². The van der Waals surface area contributed by atoms with Crippen LogP contribution in [0.1, 0.15) is 31.6 Å². The number of imidazole rings is 1. The quantitative estimate of drug-likeness (QED) is 0.923. The van der Waals surface area contributed by atoms with Gasteiger partial charge in [0.15, 0.2) is 0 Å². The van der Waals surface area contributed by atoms with E-state index in [0.717, 1.165) is 31.2 Å². The lowest BCUT2D eigenvalue weighted by molar-refractivity contribution is 0.584. The van der Waals surface area contributed by atoms with E-state index < -0.39 is 11.6 Å². The van der Waals surface area contributed by atoms with Crippen LogP contribution in [0.3, 0.4) is 0 Å². The minimum Gasteiger partial charge on any atom is -0.383 e. The van der Waals surface area contributed by atoms with Crippen LogP contribution in [0.4, 0.5) is 14.6 Å².